The predicted molar refractivity (Wildman–Crippen MR) is 80.8 cm³/mol. The molecule has 0 saturated heterocycles. The first-order valence-electron chi connectivity index (χ1n) is 7.96. The summed E-state index contributed by atoms with van der Waals surface area (Å²) in [5, 5.41) is 3.50. The number of nitrogens with zero attached hydrogens (tertiary/aromatic N) is 1. The number of hydrogen-bond acceptors (Lipinski definition) is 3. The van der Waals surface area contributed by atoms with Crippen LogP contribution in [0.5, 0.6) is 5.88 Å². The molecule has 1 aromatic rings. The smallest absolute Gasteiger partial charge is 0.213 e. The first-order valence-corrected chi connectivity index (χ1v) is 7.96. The Hall–Kier alpha value is -1.09. The van der Waals surface area contributed by atoms with E-state index >= 15 is 0 Å². The summed E-state index contributed by atoms with van der Waals surface area (Å²) >= 11 is 0. The van der Waals surface area contributed by atoms with Gasteiger partial charge in [0.15, 0.2) is 0 Å². The molecule has 0 spiro atoms. The van der Waals surface area contributed by atoms with Crippen molar-refractivity contribution < 1.29 is 4.74 Å². The van der Waals surface area contributed by atoms with E-state index < -0.39 is 0 Å². The van der Waals surface area contributed by atoms with Crippen molar-refractivity contribution in [3.05, 3.63) is 23.9 Å². The van der Waals surface area contributed by atoms with Crippen LogP contribution in [0.25, 0.3) is 0 Å². The van der Waals surface area contributed by atoms with Gasteiger partial charge in [0.25, 0.3) is 0 Å². The molecular formula is C17H26N2O. The van der Waals surface area contributed by atoms with E-state index in [9.17, 15) is 0 Å². The molecule has 3 nitrogen and oxygen atoms in total. The van der Waals surface area contributed by atoms with Crippen molar-refractivity contribution in [2.45, 2.75) is 71.1 Å². The largest absolute Gasteiger partial charge is 0.474 e. The van der Waals surface area contributed by atoms with Gasteiger partial charge < -0.3 is 10.1 Å². The zero-order valence-electron chi connectivity index (χ0n) is 12.7. The Balaban J connectivity index is 1.47. The Labute approximate surface area is 122 Å². The summed E-state index contributed by atoms with van der Waals surface area (Å²) in [5.41, 5.74) is 1.74. The molecule has 0 amide bonds. The molecule has 2 aliphatic rings. The van der Waals surface area contributed by atoms with Crippen LogP contribution < -0.4 is 10.1 Å². The van der Waals surface area contributed by atoms with Crippen LogP contribution in [0.1, 0.15) is 57.9 Å². The Bertz CT molecular complexity index is 427. The molecule has 3 rings (SSSR count). The second kappa shape index (κ2) is 5.72. The van der Waals surface area contributed by atoms with Crippen LogP contribution >= 0.6 is 0 Å². The van der Waals surface area contributed by atoms with Crippen molar-refractivity contribution in [2.24, 2.45) is 5.41 Å². The second-order valence-corrected chi connectivity index (χ2v) is 7.14. The monoisotopic (exact) mass is 274 g/mol. The number of pyridine rings is 1. The summed E-state index contributed by atoms with van der Waals surface area (Å²) in [6.45, 7) is 5.63. The molecule has 20 heavy (non-hydrogen) atoms. The third kappa shape index (κ3) is 3.95. The van der Waals surface area contributed by atoms with Gasteiger partial charge in [-0.25, -0.2) is 4.98 Å². The fourth-order valence-electron chi connectivity index (χ4n) is 2.80. The lowest BCUT2D eigenvalue weighted by molar-refractivity contribution is 0.0949. The van der Waals surface area contributed by atoms with Crippen LogP contribution in [0.2, 0.25) is 0 Å². The van der Waals surface area contributed by atoms with Gasteiger partial charge in [0.1, 0.15) is 6.10 Å². The number of rotatable bonds is 5. The Kier molecular flexibility index (Phi) is 3.97. The molecule has 0 unspecified atom stereocenters. The fourth-order valence-corrected chi connectivity index (χ4v) is 2.80. The van der Waals surface area contributed by atoms with E-state index in [1.54, 1.807) is 0 Å². The molecule has 0 atom stereocenters. The molecule has 1 heterocycles. The van der Waals surface area contributed by atoms with Crippen LogP contribution in [0, 0.1) is 5.41 Å². The van der Waals surface area contributed by atoms with E-state index in [1.807, 2.05) is 12.3 Å². The van der Waals surface area contributed by atoms with Gasteiger partial charge in [0.05, 0.1) is 0 Å². The quantitative estimate of drug-likeness (QED) is 0.889. The van der Waals surface area contributed by atoms with Gasteiger partial charge in [-0.2, -0.15) is 0 Å². The van der Waals surface area contributed by atoms with Crippen molar-refractivity contribution >= 4 is 0 Å². The zero-order valence-corrected chi connectivity index (χ0v) is 12.7. The molecule has 0 radical (unpaired) electrons. The molecule has 1 aromatic heterocycles. The summed E-state index contributed by atoms with van der Waals surface area (Å²) in [5.74, 6) is 0.782. The lowest BCUT2D eigenvalue weighted by Gasteiger charge is -2.34. The van der Waals surface area contributed by atoms with E-state index in [2.05, 4.69) is 30.2 Å². The van der Waals surface area contributed by atoms with E-state index in [1.165, 1.54) is 31.2 Å². The molecule has 0 bridgehead atoms. The molecule has 2 aliphatic carbocycles. The van der Waals surface area contributed by atoms with Gasteiger partial charge in [0, 0.05) is 24.8 Å². The van der Waals surface area contributed by atoms with E-state index in [4.69, 9.17) is 4.74 Å². The third-order valence-electron chi connectivity index (χ3n) is 4.54. The van der Waals surface area contributed by atoms with E-state index in [-0.39, 0.29) is 0 Å². The topological polar surface area (TPSA) is 34.1 Å². The Morgan fingerprint density at radius 3 is 2.55 bits per heavy atom. The zero-order chi connectivity index (χ0) is 14.0. The Morgan fingerprint density at radius 2 is 1.95 bits per heavy atom. The minimum absolute atomic E-state index is 0.353. The molecule has 2 saturated carbocycles. The van der Waals surface area contributed by atoms with E-state index in [0.29, 0.717) is 11.5 Å². The third-order valence-corrected chi connectivity index (χ3v) is 4.54. The molecule has 3 heteroatoms. The average Bonchev–Trinajstić information content (AvgIpc) is 3.25. The average molecular weight is 274 g/mol. The highest BCUT2D eigenvalue weighted by Crippen LogP contribution is 2.36. The van der Waals surface area contributed by atoms with Crippen LogP contribution in [0.3, 0.4) is 0 Å². The van der Waals surface area contributed by atoms with Gasteiger partial charge in [-0.1, -0.05) is 19.9 Å². The van der Waals surface area contributed by atoms with Crippen molar-refractivity contribution in [3.8, 4) is 5.88 Å². The molecule has 2 fully saturated rings. The molecule has 0 aliphatic heterocycles. The highest BCUT2D eigenvalue weighted by Gasteiger charge is 2.28. The maximum absolute atomic E-state index is 6.01. The molecule has 1 N–H and O–H groups in total. The lowest BCUT2D eigenvalue weighted by Crippen LogP contribution is -2.28. The minimum Gasteiger partial charge on any atom is -0.474 e. The first kappa shape index (κ1) is 13.9. The van der Waals surface area contributed by atoms with Gasteiger partial charge in [0.2, 0.25) is 5.88 Å². The van der Waals surface area contributed by atoms with E-state index in [0.717, 1.165) is 31.3 Å². The summed E-state index contributed by atoms with van der Waals surface area (Å²) in [6, 6.07) is 4.89. The molecular weight excluding hydrogens is 248 g/mol. The van der Waals surface area contributed by atoms with Crippen LogP contribution in [0.4, 0.5) is 0 Å². The van der Waals surface area contributed by atoms with Crippen molar-refractivity contribution in [1.82, 2.24) is 10.3 Å². The van der Waals surface area contributed by atoms with Crippen molar-refractivity contribution in [3.63, 3.8) is 0 Å². The number of hydrogen-bond donors (Lipinski definition) is 1. The number of ether oxygens (including phenoxy) is 1. The highest BCUT2D eigenvalue weighted by molar-refractivity contribution is 5.18. The minimum atomic E-state index is 0.353. The second-order valence-electron chi connectivity index (χ2n) is 7.14. The highest BCUT2D eigenvalue weighted by atomic mass is 16.5. The standard InChI is InChI=1S/C17H26N2O/c1-17(2)9-7-15(8-10-17)20-16-6-3-13(12-19-16)11-18-14-4-5-14/h3,6,12,14-15,18H,4-5,7-11H2,1-2H3. The molecule has 0 aromatic carbocycles. The normalized spacial score (nSPS) is 22.7. The van der Waals surface area contributed by atoms with Crippen LogP contribution in [-0.2, 0) is 6.54 Å². The van der Waals surface area contributed by atoms with Crippen LogP contribution in [0.15, 0.2) is 18.3 Å². The number of nitrogens with one attached hydrogen (secondary N) is 1. The molecule has 110 valence electrons. The van der Waals surface area contributed by atoms with Gasteiger partial charge in [-0.3, -0.25) is 0 Å². The maximum Gasteiger partial charge on any atom is 0.213 e. The van der Waals surface area contributed by atoms with Gasteiger partial charge in [-0.05, 0) is 49.5 Å². The fraction of sp³-hybridized carbons (Fsp3) is 0.706. The number of aromatic nitrogens is 1. The predicted octanol–water partition coefficient (Wildman–Crippen LogP) is 3.68. The summed E-state index contributed by atoms with van der Waals surface area (Å²) < 4.78 is 6.01. The SMILES string of the molecule is CC1(C)CCC(Oc2ccc(CNC3CC3)cn2)CC1. The van der Waals surface area contributed by atoms with Crippen molar-refractivity contribution in [1.29, 1.82) is 0 Å². The summed E-state index contributed by atoms with van der Waals surface area (Å²) in [7, 11) is 0. The van der Waals surface area contributed by atoms with Crippen LogP contribution in [-0.4, -0.2) is 17.1 Å². The maximum atomic E-state index is 6.01. The summed E-state index contributed by atoms with van der Waals surface area (Å²) in [6.07, 6.45) is 9.75. The first-order chi connectivity index (χ1) is 9.61. The summed E-state index contributed by atoms with van der Waals surface area (Å²) in [4.78, 5) is 4.45. The Morgan fingerprint density at radius 1 is 1.20 bits per heavy atom. The lowest BCUT2D eigenvalue weighted by atomic mass is 9.76. The van der Waals surface area contributed by atoms with Crippen molar-refractivity contribution in [2.75, 3.05) is 0 Å². The van der Waals surface area contributed by atoms with Gasteiger partial charge >= 0.3 is 0 Å². The van der Waals surface area contributed by atoms with Gasteiger partial charge in [-0.15, -0.1) is 0 Å².